The standard InChI is InChI=1S/C13H22N4O/c1-9-8-12(18-3)16-13(15-9)17-7-5-4-6-11(17)10(2)14/h8,10-11H,4-7,14H2,1-3H3. The van der Waals surface area contributed by atoms with E-state index in [0.717, 1.165) is 24.6 Å². The van der Waals surface area contributed by atoms with E-state index >= 15 is 0 Å². The lowest BCUT2D eigenvalue weighted by Crippen LogP contribution is -2.50. The predicted octanol–water partition coefficient (Wildman–Crippen LogP) is 1.50. The quantitative estimate of drug-likeness (QED) is 0.880. The van der Waals surface area contributed by atoms with E-state index in [1.54, 1.807) is 7.11 Å². The van der Waals surface area contributed by atoms with Gasteiger partial charge in [-0.1, -0.05) is 0 Å². The van der Waals surface area contributed by atoms with Crippen molar-refractivity contribution in [2.75, 3.05) is 18.6 Å². The minimum Gasteiger partial charge on any atom is -0.481 e. The number of hydrogen-bond donors (Lipinski definition) is 1. The smallest absolute Gasteiger partial charge is 0.229 e. The fourth-order valence-corrected chi connectivity index (χ4v) is 2.51. The lowest BCUT2D eigenvalue weighted by Gasteiger charge is -2.38. The van der Waals surface area contributed by atoms with Crippen molar-refractivity contribution in [2.45, 2.75) is 45.2 Å². The Bertz CT molecular complexity index is 408. The van der Waals surface area contributed by atoms with Crippen molar-refractivity contribution >= 4 is 5.95 Å². The van der Waals surface area contributed by atoms with Gasteiger partial charge in [0.15, 0.2) is 0 Å². The molecule has 0 spiro atoms. The number of piperidine rings is 1. The summed E-state index contributed by atoms with van der Waals surface area (Å²) in [7, 11) is 1.63. The highest BCUT2D eigenvalue weighted by Crippen LogP contribution is 2.25. The molecule has 0 aliphatic carbocycles. The first-order chi connectivity index (χ1) is 8.61. The van der Waals surface area contributed by atoms with Crippen molar-refractivity contribution in [1.29, 1.82) is 0 Å². The van der Waals surface area contributed by atoms with Gasteiger partial charge in [0.1, 0.15) is 0 Å². The molecule has 18 heavy (non-hydrogen) atoms. The Hall–Kier alpha value is -1.36. The van der Waals surface area contributed by atoms with Gasteiger partial charge in [-0.3, -0.25) is 0 Å². The number of aromatic nitrogens is 2. The number of hydrogen-bond acceptors (Lipinski definition) is 5. The number of aryl methyl sites for hydroxylation is 1. The fraction of sp³-hybridized carbons (Fsp3) is 0.692. The molecule has 0 saturated carbocycles. The Morgan fingerprint density at radius 3 is 2.89 bits per heavy atom. The summed E-state index contributed by atoms with van der Waals surface area (Å²) in [5, 5.41) is 0. The van der Waals surface area contributed by atoms with Crippen molar-refractivity contribution in [3.63, 3.8) is 0 Å². The minimum atomic E-state index is 0.125. The van der Waals surface area contributed by atoms with Crippen LogP contribution in [0.3, 0.4) is 0 Å². The molecule has 1 aromatic heterocycles. The maximum Gasteiger partial charge on any atom is 0.229 e. The molecule has 2 atom stereocenters. The summed E-state index contributed by atoms with van der Waals surface area (Å²) in [4.78, 5) is 11.2. The van der Waals surface area contributed by atoms with Gasteiger partial charge in [0.05, 0.1) is 7.11 Å². The summed E-state index contributed by atoms with van der Waals surface area (Å²) in [5.41, 5.74) is 7.00. The Morgan fingerprint density at radius 2 is 2.22 bits per heavy atom. The van der Waals surface area contributed by atoms with Crippen molar-refractivity contribution in [3.8, 4) is 5.88 Å². The molecule has 2 N–H and O–H groups in total. The summed E-state index contributed by atoms with van der Waals surface area (Å²) < 4.78 is 5.21. The minimum absolute atomic E-state index is 0.125. The number of nitrogens with zero attached hydrogens (tertiary/aromatic N) is 3. The van der Waals surface area contributed by atoms with Crippen LogP contribution in [-0.2, 0) is 0 Å². The van der Waals surface area contributed by atoms with E-state index in [1.165, 1.54) is 12.8 Å². The van der Waals surface area contributed by atoms with Crippen LogP contribution in [0.5, 0.6) is 5.88 Å². The van der Waals surface area contributed by atoms with E-state index in [1.807, 2.05) is 13.0 Å². The maximum absolute atomic E-state index is 6.08. The highest BCUT2D eigenvalue weighted by atomic mass is 16.5. The van der Waals surface area contributed by atoms with Crippen LogP contribution in [0.15, 0.2) is 6.07 Å². The maximum atomic E-state index is 6.08. The van der Waals surface area contributed by atoms with Gasteiger partial charge in [-0.15, -0.1) is 0 Å². The molecule has 1 saturated heterocycles. The lowest BCUT2D eigenvalue weighted by molar-refractivity contribution is 0.386. The van der Waals surface area contributed by atoms with Crippen molar-refractivity contribution in [3.05, 3.63) is 11.8 Å². The van der Waals surface area contributed by atoms with Gasteiger partial charge >= 0.3 is 0 Å². The van der Waals surface area contributed by atoms with Gasteiger partial charge < -0.3 is 15.4 Å². The molecular weight excluding hydrogens is 228 g/mol. The highest BCUT2D eigenvalue weighted by Gasteiger charge is 2.27. The van der Waals surface area contributed by atoms with Crippen molar-refractivity contribution in [1.82, 2.24) is 9.97 Å². The molecule has 100 valence electrons. The van der Waals surface area contributed by atoms with E-state index in [9.17, 15) is 0 Å². The second-order valence-corrected chi connectivity index (χ2v) is 4.97. The van der Waals surface area contributed by atoms with E-state index in [0.29, 0.717) is 11.9 Å². The topological polar surface area (TPSA) is 64.3 Å². The van der Waals surface area contributed by atoms with Crippen LogP contribution in [0.25, 0.3) is 0 Å². The van der Waals surface area contributed by atoms with E-state index in [-0.39, 0.29) is 6.04 Å². The SMILES string of the molecule is COc1cc(C)nc(N2CCCCC2C(C)N)n1. The Labute approximate surface area is 108 Å². The Kier molecular flexibility index (Phi) is 4.01. The average Bonchev–Trinajstić information content (AvgIpc) is 2.38. The highest BCUT2D eigenvalue weighted by molar-refractivity contribution is 5.37. The normalized spacial score (nSPS) is 21.8. The van der Waals surface area contributed by atoms with Crippen LogP contribution in [0, 0.1) is 6.92 Å². The molecule has 2 rings (SSSR count). The molecule has 0 aromatic carbocycles. The first-order valence-corrected chi connectivity index (χ1v) is 6.53. The van der Waals surface area contributed by atoms with Crippen LogP contribution in [-0.4, -0.2) is 35.7 Å². The van der Waals surface area contributed by atoms with E-state index in [2.05, 4.69) is 21.8 Å². The number of anilines is 1. The van der Waals surface area contributed by atoms with Gasteiger partial charge in [-0.05, 0) is 33.1 Å². The first-order valence-electron chi connectivity index (χ1n) is 6.53. The monoisotopic (exact) mass is 250 g/mol. The first kappa shape index (κ1) is 13.1. The van der Waals surface area contributed by atoms with Gasteiger partial charge in [-0.25, -0.2) is 4.98 Å². The summed E-state index contributed by atoms with van der Waals surface area (Å²) in [6.45, 7) is 4.98. The fourth-order valence-electron chi connectivity index (χ4n) is 2.51. The zero-order valence-corrected chi connectivity index (χ0v) is 11.4. The zero-order chi connectivity index (χ0) is 13.1. The molecule has 5 heteroatoms. The molecular formula is C13H22N4O. The second kappa shape index (κ2) is 5.52. The van der Waals surface area contributed by atoms with Gasteiger partial charge in [0.25, 0.3) is 0 Å². The van der Waals surface area contributed by atoms with E-state index < -0.39 is 0 Å². The number of ether oxygens (including phenoxy) is 1. The van der Waals surface area contributed by atoms with Gasteiger partial charge in [0, 0.05) is 30.4 Å². The van der Waals surface area contributed by atoms with Gasteiger partial charge in [0.2, 0.25) is 11.8 Å². The molecule has 0 amide bonds. The zero-order valence-electron chi connectivity index (χ0n) is 11.4. The van der Waals surface area contributed by atoms with Crippen molar-refractivity contribution < 1.29 is 4.74 Å². The van der Waals surface area contributed by atoms with Crippen LogP contribution in [0.1, 0.15) is 31.9 Å². The Balaban J connectivity index is 2.30. The van der Waals surface area contributed by atoms with Crippen LogP contribution in [0.4, 0.5) is 5.95 Å². The van der Waals surface area contributed by atoms with Crippen LogP contribution >= 0.6 is 0 Å². The molecule has 0 bridgehead atoms. The molecule has 5 nitrogen and oxygen atoms in total. The third-order valence-electron chi connectivity index (χ3n) is 3.44. The predicted molar refractivity (Wildman–Crippen MR) is 72.0 cm³/mol. The molecule has 1 aliphatic heterocycles. The summed E-state index contributed by atoms with van der Waals surface area (Å²) >= 11 is 0. The molecule has 2 heterocycles. The molecule has 2 unspecified atom stereocenters. The molecule has 1 fully saturated rings. The van der Waals surface area contributed by atoms with Crippen LogP contribution < -0.4 is 15.4 Å². The van der Waals surface area contributed by atoms with Crippen LogP contribution in [0.2, 0.25) is 0 Å². The lowest BCUT2D eigenvalue weighted by atomic mass is 9.97. The summed E-state index contributed by atoms with van der Waals surface area (Å²) in [6.07, 6.45) is 3.51. The molecule has 1 aromatic rings. The molecule has 1 aliphatic rings. The average molecular weight is 250 g/mol. The van der Waals surface area contributed by atoms with E-state index in [4.69, 9.17) is 10.5 Å². The van der Waals surface area contributed by atoms with Crippen molar-refractivity contribution in [2.24, 2.45) is 5.73 Å². The summed E-state index contributed by atoms with van der Waals surface area (Å²) in [6, 6.07) is 2.29. The second-order valence-electron chi connectivity index (χ2n) is 4.97. The third kappa shape index (κ3) is 2.72. The summed E-state index contributed by atoms with van der Waals surface area (Å²) in [5.74, 6) is 1.36. The third-order valence-corrected chi connectivity index (χ3v) is 3.44. The van der Waals surface area contributed by atoms with Gasteiger partial charge in [-0.2, -0.15) is 4.98 Å². The largest absolute Gasteiger partial charge is 0.481 e. The number of methoxy groups -OCH3 is 1. The molecule has 0 radical (unpaired) electrons. The Morgan fingerprint density at radius 1 is 1.44 bits per heavy atom. The number of rotatable bonds is 3. The number of nitrogens with two attached hydrogens (primary N) is 1.